The molecule has 1 spiro atoms. The van der Waals surface area contributed by atoms with Crippen LogP contribution in [0.1, 0.15) is 34.5 Å². The molecule has 184 valence electrons. The van der Waals surface area contributed by atoms with Crippen LogP contribution in [0, 0.1) is 17.1 Å². The first-order valence-electron chi connectivity index (χ1n) is 10.8. The molecule has 5 rings (SSSR count). The van der Waals surface area contributed by atoms with E-state index in [4.69, 9.17) is 22.6 Å². The summed E-state index contributed by atoms with van der Waals surface area (Å²) in [7, 11) is 0. The first kappa shape index (κ1) is 23.7. The Morgan fingerprint density at radius 1 is 1.17 bits per heavy atom. The van der Waals surface area contributed by atoms with Gasteiger partial charge in [-0.15, -0.1) is 0 Å². The molecular weight excluding hydrogens is 497 g/mol. The number of nitrogens with two attached hydrogens (primary N) is 1. The number of carbonyl (C=O) groups is 2. The molecule has 0 bridgehead atoms. The van der Waals surface area contributed by atoms with Gasteiger partial charge in [-0.25, -0.2) is 18.0 Å². The van der Waals surface area contributed by atoms with Crippen molar-refractivity contribution in [3.05, 3.63) is 70.1 Å². The fourth-order valence-electron chi connectivity index (χ4n) is 4.90. The molecule has 2 aliphatic rings. The van der Waals surface area contributed by atoms with Gasteiger partial charge in [0.1, 0.15) is 11.5 Å². The number of alkyl halides is 2. The molecular formula is C24H18ClF3N6O2. The molecule has 1 fully saturated rings. The van der Waals surface area contributed by atoms with Crippen LogP contribution < -0.4 is 11.1 Å². The van der Waals surface area contributed by atoms with Crippen LogP contribution in [-0.2, 0) is 12.1 Å². The van der Waals surface area contributed by atoms with Crippen molar-refractivity contribution in [2.45, 2.75) is 30.8 Å². The summed E-state index contributed by atoms with van der Waals surface area (Å²) in [6, 6.07) is 11.3. The number of nitrogens with one attached hydrogen (secondary N) is 1. The zero-order chi connectivity index (χ0) is 25.8. The number of halogens is 4. The largest absolute Gasteiger partial charge is 0.365 e. The van der Waals surface area contributed by atoms with E-state index in [2.05, 4.69) is 10.4 Å². The number of benzene rings is 2. The van der Waals surface area contributed by atoms with Crippen molar-refractivity contribution < 1.29 is 22.8 Å². The zero-order valence-electron chi connectivity index (χ0n) is 18.6. The van der Waals surface area contributed by atoms with E-state index in [1.54, 1.807) is 12.1 Å². The summed E-state index contributed by atoms with van der Waals surface area (Å²) in [6.45, 7) is -0.211. The molecule has 2 heterocycles. The van der Waals surface area contributed by atoms with Gasteiger partial charge in [-0.2, -0.15) is 10.4 Å². The third-order valence-corrected chi connectivity index (χ3v) is 6.71. The number of nitrogens with zero attached hydrogens (tertiary/aromatic N) is 4. The summed E-state index contributed by atoms with van der Waals surface area (Å²) in [4.78, 5) is 27.0. The van der Waals surface area contributed by atoms with Crippen LogP contribution in [0.5, 0.6) is 0 Å². The van der Waals surface area contributed by atoms with Gasteiger partial charge >= 0.3 is 6.03 Å². The number of fused-ring (bicyclic) bond motifs is 2. The quantitative estimate of drug-likeness (QED) is 0.535. The molecule has 3 amide bonds. The average Bonchev–Trinajstić information content (AvgIpc) is 3.20. The predicted molar refractivity (Wildman–Crippen MR) is 124 cm³/mol. The van der Waals surface area contributed by atoms with Gasteiger partial charge < -0.3 is 16.0 Å². The molecule has 0 saturated heterocycles. The minimum atomic E-state index is -2.97. The number of hydrogen-bond acceptors (Lipinski definition) is 4. The van der Waals surface area contributed by atoms with Gasteiger partial charge in [0.25, 0.3) is 11.8 Å². The molecule has 3 N–H and O–H groups in total. The third kappa shape index (κ3) is 3.93. The number of hydrogen-bond donors (Lipinski definition) is 2. The van der Waals surface area contributed by atoms with Crippen molar-refractivity contribution in [3.63, 3.8) is 0 Å². The van der Waals surface area contributed by atoms with Gasteiger partial charge in [-0.1, -0.05) is 11.6 Å². The second kappa shape index (κ2) is 8.27. The van der Waals surface area contributed by atoms with Gasteiger partial charge in [0.2, 0.25) is 0 Å². The van der Waals surface area contributed by atoms with Crippen molar-refractivity contribution >= 4 is 29.2 Å². The molecule has 0 atom stereocenters. The van der Waals surface area contributed by atoms with E-state index in [-0.39, 0.29) is 40.6 Å². The van der Waals surface area contributed by atoms with Gasteiger partial charge in [-0.05, 0) is 42.5 Å². The standard InChI is InChI=1S/C24H18ClF3N6O2/c25-16-7-14(3-6-17(16)26)20-19(21(30)35)18-9-33(12-23(34(18)32-20)10-24(27,28)11-23)22(36)31-15-4-1-13(8-29)2-5-15/h1-7H,9-12H2,(H2,30,35)(H,31,36). The topological polar surface area (TPSA) is 117 Å². The lowest BCUT2D eigenvalue weighted by Crippen LogP contribution is -2.63. The summed E-state index contributed by atoms with van der Waals surface area (Å²) in [5, 5.41) is 15.9. The number of aromatic nitrogens is 2. The van der Waals surface area contributed by atoms with Crippen LogP contribution in [0.2, 0.25) is 5.02 Å². The zero-order valence-corrected chi connectivity index (χ0v) is 19.3. The molecule has 36 heavy (non-hydrogen) atoms. The Labute approximate surface area is 208 Å². The summed E-state index contributed by atoms with van der Waals surface area (Å²) in [5.74, 6) is -4.52. The second-order valence-corrected chi connectivity index (χ2v) is 9.39. The predicted octanol–water partition coefficient (Wildman–Crippen LogP) is 4.49. The summed E-state index contributed by atoms with van der Waals surface area (Å²) in [6.07, 6.45) is -1.17. The van der Waals surface area contributed by atoms with Crippen molar-refractivity contribution in [1.29, 1.82) is 5.26 Å². The maximum atomic E-state index is 14.2. The van der Waals surface area contributed by atoms with Crippen LogP contribution >= 0.6 is 11.6 Å². The fourth-order valence-corrected chi connectivity index (χ4v) is 5.08. The van der Waals surface area contributed by atoms with E-state index < -0.39 is 42.1 Å². The lowest BCUT2D eigenvalue weighted by Gasteiger charge is -2.52. The highest BCUT2D eigenvalue weighted by Crippen LogP contribution is 2.53. The maximum absolute atomic E-state index is 14.2. The van der Waals surface area contributed by atoms with Crippen LogP contribution in [0.15, 0.2) is 42.5 Å². The van der Waals surface area contributed by atoms with Gasteiger partial charge in [0, 0.05) is 30.6 Å². The molecule has 2 aromatic carbocycles. The summed E-state index contributed by atoms with van der Waals surface area (Å²) < 4.78 is 43.4. The van der Waals surface area contributed by atoms with Crippen LogP contribution in [0.25, 0.3) is 11.3 Å². The van der Waals surface area contributed by atoms with Gasteiger partial charge in [-0.3, -0.25) is 9.48 Å². The van der Waals surface area contributed by atoms with Crippen molar-refractivity contribution in [3.8, 4) is 17.3 Å². The van der Waals surface area contributed by atoms with Crippen LogP contribution in [0.4, 0.5) is 23.7 Å². The summed E-state index contributed by atoms with van der Waals surface area (Å²) in [5.41, 5.74) is 5.73. The third-order valence-electron chi connectivity index (χ3n) is 6.42. The summed E-state index contributed by atoms with van der Waals surface area (Å²) >= 11 is 5.91. The highest BCUT2D eigenvalue weighted by molar-refractivity contribution is 6.31. The van der Waals surface area contributed by atoms with E-state index in [9.17, 15) is 22.8 Å². The van der Waals surface area contributed by atoms with E-state index in [0.717, 1.165) is 6.07 Å². The number of primary amides is 1. The normalized spacial score (nSPS) is 17.1. The number of carbonyl (C=O) groups excluding carboxylic acids is 2. The number of nitriles is 1. The maximum Gasteiger partial charge on any atom is 0.322 e. The Hall–Kier alpha value is -4.04. The van der Waals surface area contributed by atoms with Crippen molar-refractivity contribution in [2.75, 3.05) is 11.9 Å². The van der Waals surface area contributed by atoms with Crippen LogP contribution in [0.3, 0.4) is 0 Å². The fraction of sp³-hybridized carbons (Fsp3) is 0.250. The number of amides is 3. The van der Waals surface area contributed by atoms with Crippen LogP contribution in [-0.4, -0.2) is 39.1 Å². The molecule has 0 radical (unpaired) electrons. The highest BCUT2D eigenvalue weighted by atomic mass is 35.5. The number of anilines is 1. The van der Waals surface area contributed by atoms with Crippen molar-refractivity contribution in [2.24, 2.45) is 5.73 Å². The SMILES string of the molecule is N#Cc1ccc(NC(=O)N2Cc3c(C(N)=O)c(-c4ccc(F)c(Cl)c4)nn3C3(C2)CC(F)(F)C3)cc1. The molecule has 1 saturated carbocycles. The minimum absolute atomic E-state index is 0.0526. The van der Waals surface area contributed by atoms with Crippen molar-refractivity contribution in [1.82, 2.24) is 14.7 Å². The Kier molecular flexibility index (Phi) is 5.44. The molecule has 12 heteroatoms. The molecule has 0 unspecified atom stereocenters. The monoisotopic (exact) mass is 514 g/mol. The Morgan fingerprint density at radius 3 is 2.44 bits per heavy atom. The molecule has 1 aromatic heterocycles. The smallest absolute Gasteiger partial charge is 0.322 e. The molecule has 3 aromatic rings. The molecule has 1 aliphatic carbocycles. The lowest BCUT2D eigenvalue weighted by molar-refractivity contribution is -0.167. The Bertz CT molecular complexity index is 1440. The first-order valence-corrected chi connectivity index (χ1v) is 11.2. The first-order chi connectivity index (χ1) is 17.0. The van der Waals surface area contributed by atoms with Gasteiger partial charge in [0.15, 0.2) is 0 Å². The second-order valence-electron chi connectivity index (χ2n) is 8.98. The van der Waals surface area contributed by atoms with E-state index in [1.807, 2.05) is 6.07 Å². The average molecular weight is 515 g/mol. The highest BCUT2D eigenvalue weighted by Gasteiger charge is 2.61. The van der Waals surface area contributed by atoms with E-state index in [1.165, 1.54) is 33.8 Å². The Morgan fingerprint density at radius 2 is 1.86 bits per heavy atom. The van der Waals surface area contributed by atoms with E-state index in [0.29, 0.717) is 11.3 Å². The molecule has 8 nitrogen and oxygen atoms in total. The number of urea groups is 1. The lowest BCUT2D eigenvalue weighted by atomic mass is 9.72. The minimum Gasteiger partial charge on any atom is -0.365 e. The Balaban J connectivity index is 1.56. The number of rotatable bonds is 3. The van der Waals surface area contributed by atoms with E-state index >= 15 is 0 Å². The molecule has 1 aliphatic heterocycles. The van der Waals surface area contributed by atoms with Gasteiger partial charge in [0.05, 0.1) is 40.0 Å².